The van der Waals surface area contributed by atoms with Crippen LogP contribution in [0.5, 0.6) is 5.75 Å². The van der Waals surface area contributed by atoms with Crippen LogP contribution in [-0.4, -0.2) is 54.8 Å². The fourth-order valence-electron chi connectivity index (χ4n) is 7.43. The second kappa shape index (κ2) is 5.95. The first-order valence-corrected chi connectivity index (χ1v) is 10.4. The SMILES string of the molecule is COc1cccc2c1N(C(C)=O)C1CCC3(CCO)CCCN4CCC21C43. The van der Waals surface area contributed by atoms with Gasteiger partial charge in [0.1, 0.15) is 5.75 Å². The van der Waals surface area contributed by atoms with E-state index >= 15 is 0 Å². The number of para-hydroxylation sites is 1. The number of amides is 1. The molecule has 27 heavy (non-hydrogen) atoms. The highest BCUT2D eigenvalue weighted by molar-refractivity contribution is 5.98. The van der Waals surface area contributed by atoms with Crippen LogP contribution in [0.3, 0.4) is 0 Å². The Hall–Kier alpha value is -1.59. The van der Waals surface area contributed by atoms with Crippen molar-refractivity contribution >= 4 is 11.6 Å². The van der Waals surface area contributed by atoms with E-state index in [0.29, 0.717) is 6.04 Å². The Morgan fingerprint density at radius 1 is 1.30 bits per heavy atom. The number of aliphatic hydroxyl groups is 1. The molecule has 1 saturated carbocycles. The van der Waals surface area contributed by atoms with E-state index in [1.807, 2.05) is 6.07 Å². The van der Waals surface area contributed by atoms with Gasteiger partial charge in [-0.2, -0.15) is 0 Å². The number of hydrogen-bond donors (Lipinski definition) is 1. The molecule has 3 heterocycles. The Morgan fingerprint density at radius 2 is 2.15 bits per heavy atom. The van der Waals surface area contributed by atoms with Crippen molar-refractivity contribution < 1.29 is 14.6 Å². The van der Waals surface area contributed by atoms with E-state index in [2.05, 4.69) is 21.9 Å². The fourth-order valence-corrected chi connectivity index (χ4v) is 7.43. The Morgan fingerprint density at radius 3 is 2.89 bits per heavy atom. The van der Waals surface area contributed by atoms with Crippen molar-refractivity contribution in [3.8, 4) is 5.75 Å². The maximum Gasteiger partial charge on any atom is 0.224 e. The molecule has 1 amide bonds. The van der Waals surface area contributed by atoms with Crippen molar-refractivity contribution in [2.45, 2.75) is 62.9 Å². The van der Waals surface area contributed by atoms with Gasteiger partial charge >= 0.3 is 0 Å². The zero-order chi connectivity index (χ0) is 18.8. The number of anilines is 1. The maximum absolute atomic E-state index is 12.8. The summed E-state index contributed by atoms with van der Waals surface area (Å²) < 4.78 is 5.71. The molecule has 5 heteroatoms. The number of carbonyl (C=O) groups excluding carboxylic acids is 1. The molecule has 5 nitrogen and oxygen atoms in total. The Kier molecular flexibility index (Phi) is 3.86. The lowest BCUT2D eigenvalue weighted by atomic mass is 9.52. The summed E-state index contributed by atoms with van der Waals surface area (Å²) in [5.74, 6) is 0.931. The molecule has 146 valence electrons. The first kappa shape index (κ1) is 17.5. The summed E-state index contributed by atoms with van der Waals surface area (Å²) >= 11 is 0. The van der Waals surface area contributed by atoms with E-state index in [9.17, 15) is 9.90 Å². The minimum Gasteiger partial charge on any atom is -0.495 e. The average molecular weight is 370 g/mol. The second-order valence-corrected chi connectivity index (χ2v) is 8.97. The molecule has 4 unspecified atom stereocenters. The molecular weight excluding hydrogens is 340 g/mol. The number of rotatable bonds is 3. The number of fused-ring (bicyclic) bond motifs is 1. The normalized spacial score (nSPS) is 36.9. The van der Waals surface area contributed by atoms with Crippen LogP contribution in [0.25, 0.3) is 0 Å². The van der Waals surface area contributed by atoms with E-state index in [1.165, 1.54) is 18.4 Å². The van der Waals surface area contributed by atoms with Crippen LogP contribution in [0.2, 0.25) is 0 Å². The zero-order valence-electron chi connectivity index (χ0n) is 16.4. The van der Waals surface area contributed by atoms with Crippen LogP contribution in [-0.2, 0) is 10.2 Å². The Bertz CT molecular complexity index is 777. The van der Waals surface area contributed by atoms with Gasteiger partial charge in [-0.05, 0) is 68.7 Å². The van der Waals surface area contributed by atoms with E-state index in [4.69, 9.17) is 4.74 Å². The minimum absolute atomic E-state index is 0.0244. The number of aliphatic hydroxyl groups excluding tert-OH is 1. The van der Waals surface area contributed by atoms with E-state index in [0.717, 1.165) is 50.2 Å². The number of nitrogens with zero attached hydrogens (tertiary/aromatic N) is 2. The van der Waals surface area contributed by atoms with Crippen LogP contribution in [0.15, 0.2) is 18.2 Å². The van der Waals surface area contributed by atoms with Crippen molar-refractivity contribution in [1.82, 2.24) is 4.90 Å². The topological polar surface area (TPSA) is 53.0 Å². The lowest BCUT2D eigenvalue weighted by molar-refractivity contribution is -0.118. The van der Waals surface area contributed by atoms with Crippen molar-refractivity contribution in [3.05, 3.63) is 23.8 Å². The number of piperidine rings is 1. The standard InChI is InChI=1S/C22H30N2O3/c1-15(26)24-18-7-9-21(11-14-25)8-4-12-23-13-10-22(18,20(21)23)16-5-3-6-17(27-2)19(16)24/h3,5-6,18,20,25H,4,7-14H2,1-2H3. The molecule has 5 rings (SSSR count). The highest BCUT2D eigenvalue weighted by Crippen LogP contribution is 2.66. The van der Waals surface area contributed by atoms with Crippen LogP contribution >= 0.6 is 0 Å². The summed E-state index contributed by atoms with van der Waals surface area (Å²) in [7, 11) is 1.70. The third kappa shape index (κ3) is 2.05. The summed E-state index contributed by atoms with van der Waals surface area (Å²) in [6.07, 6.45) is 6.51. The highest BCUT2D eigenvalue weighted by atomic mass is 16.5. The van der Waals surface area contributed by atoms with Gasteiger partial charge in [0, 0.05) is 31.0 Å². The van der Waals surface area contributed by atoms with Crippen LogP contribution < -0.4 is 9.64 Å². The average Bonchev–Trinajstić information content (AvgIpc) is 3.20. The predicted molar refractivity (Wildman–Crippen MR) is 104 cm³/mol. The molecule has 4 atom stereocenters. The smallest absolute Gasteiger partial charge is 0.224 e. The largest absolute Gasteiger partial charge is 0.495 e. The Labute approximate surface area is 161 Å². The Balaban J connectivity index is 1.75. The first-order valence-electron chi connectivity index (χ1n) is 10.4. The van der Waals surface area contributed by atoms with Gasteiger partial charge < -0.3 is 14.7 Å². The van der Waals surface area contributed by atoms with Gasteiger partial charge in [0.2, 0.25) is 5.91 Å². The lowest BCUT2D eigenvalue weighted by Gasteiger charge is -2.58. The van der Waals surface area contributed by atoms with Crippen molar-refractivity contribution in [2.24, 2.45) is 5.41 Å². The van der Waals surface area contributed by atoms with Crippen molar-refractivity contribution in [1.29, 1.82) is 0 Å². The quantitative estimate of drug-likeness (QED) is 0.889. The molecule has 3 fully saturated rings. The second-order valence-electron chi connectivity index (χ2n) is 8.97. The minimum atomic E-state index is -0.0244. The molecule has 0 radical (unpaired) electrons. The molecule has 0 aromatic heterocycles. The third-order valence-corrected chi connectivity index (χ3v) is 8.10. The van der Waals surface area contributed by atoms with Crippen LogP contribution in [0.1, 0.15) is 51.0 Å². The van der Waals surface area contributed by atoms with Gasteiger partial charge in [-0.1, -0.05) is 12.1 Å². The highest BCUT2D eigenvalue weighted by Gasteiger charge is 2.68. The molecule has 1 aliphatic carbocycles. The van der Waals surface area contributed by atoms with Gasteiger partial charge in [0.05, 0.1) is 12.8 Å². The number of ether oxygens (including phenoxy) is 1. The van der Waals surface area contributed by atoms with Gasteiger partial charge in [-0.25, -0.2) is 0 Å². The molecule has 1 aromatic carbocycles. The van der Waals surface area contributed by atoms with E-state index in [-0.39, 0.29) is 29.4 Å². The summed E-state index contributed by atoms with van der Waals surface area (Å²) in [6, 6.07) is 6.93. The number of benzene rings is 1. The number of methoxy groups -OCH3 is 1. The van der Waals surface area contributed by atoms with Gasteiger partial charge in [0.25, 0.3) is 0 Å². The number of hydrogen-bond acceptors (Lipinski definition) is 4. The molecule has 4 aliphatic rings. The molecule has 1 spiro atoms. The maximum atomic E-state index is 12.8. The molecular formula is C22H30N2O3. The molecule has 1 N–H and O–H groups in total. The summed E-state index contributed by atoms with van der Waals surface area (Å²) in [6.45, 7) is 4.19. The van der Waals surface area contributed by atoms with Crippen molar-refractivity contribution in [3.63, 3.8) is 0 Å². The van der Waals surface area contributed by atoms with Crippen molar-refractivity contribution in [2.75, 3.05) is 31.7 Å². The van der Waals surface area contributed by atoms with E-state index < -0.39 is 0 Å². The van der Waals surface area contributed by atoms with Crippen LogP contribution in [0, 0.1) is 5.41 Å². The van der Waals surface area contributed by atoms with Gasteiger partial charge in [-0.15, -0.1) is 0 Å². The summed E-state index contributed by atoms with van der Waals surface area (Å²) in [4.78, 5) is 17.5. The third-order valence-electron chi connectivity index (χ3n) is 8.10. The van der Waals surface area contributed by atoms with Gasteiger partial charge in [-0.3, -0.25) is 9.69 Å². The lowest BCUT2D eigenvalue weighted by Crippen LogP contribution is -2.65. The van der Waals surface area contributed by atoms with E-state index in [1.54, 1.807) is 14.0 Å². The van der Waals surface area contributed by atoms with Crippen LogP contribution in [0.4, 0.5) is 5.69 Å². The summed E-state index contributed by atoms with van der Waals surface area (Å²) in [5.41, 5.74) is 2.46. The van der Waals surface area contributed by atoms with Gasteiger partial charge in [0.15, 0.2) is 0 Å². The molecule has 1 aromatic rings. The number of carbonyl (C=O) groups is 1. The monoisotopic (exact) mass is 370 g/mol. The first-order chi connectivity index (χ1) is 13.1. The zero-order valence-corrected chi connectivity index (χ0v) is 16.4. The fraction of sp³-hybridized carbons (Fsp3) is 0.682. The summed E-state index contributed by atoms with van der Waals surface area (Å²) in [5, 5.41) is 9.90. The predicted octanol–water partition coefficient (Wildman–Crippen LogP) is 2.70. The molecule has 3 aliphatic heterocycles. The molecule has 2 saturated heterocycles. The molecule has 0 bridgehead atoms.